The highest BCUT2D eigenvalue weighted by atomic mass is 16.5. The number of hydrogen-bond acceptors (Lipinski definition) is 4. The van der Waals surface area contributed by atoms with Crippen molar-refractivity contribution in [3.63, 3.8) is 0 Å². The number of rotatable bonds is 0. The first-order valence-electron chi connectivity index (χ1n) is 6.45. The lowest BCUT2D eigenvalue weighted by molar-refractivity contribution is -0.131. The predicted octanol–water partition coefficient (Wildman–Crippen LogP) is 1.23. The van der Waals surface area contributed by atoms with Gasteiger partial charge in [-0.15, -0.1) is 0 Å². The summed E-state index contributed by atoms with van der Waals surface area (Å²) in [5.41, 5.74) is -0.0486. The number of hydrogen-bond donors (Lipinski definition) is 2. The molecule has 4 rings (SSSR count). The summed E-state index contributed by atoms with van der Waals surface area (Å²) in [6.45, 7) is 1.85. The van der Waals surface area contributed by atoms with Crippen LogP contribution in [0.1, 0.15) is 24.5 Å². The predicted molar refractivity (Wildman–Crippen MR) is 67.3 cm³/mol. The summed E-state index contributed by atoms with van der Waals surface area (Å²) in [4.78, 5) is 12.1. The Morgan fingerprint density at radius 3 is 3.00 bits per heavy atom. The molecule has 0 fully saturated rings. The van der Waals surface area contributed by atoms with Gasteiger partial charge in [0, 0.05) is 5.56 Å². The molecule has 19 heavy (non-hydrogen) atoms. The van der Waals surface area contributed by atoms with Gasteiger partial charge in [-0.2, -0.15) is 0 Å². The van der Waals surface area contributed by atoms with Gasteiger partial charge in [-0.25, -0.2) is 0 Å². The lowest BCUT2D eigenvalue weighted by Crippen LogP contribution is -2.61. The van der Waals surface area contributed by atoms with E-state index in [1.165, 1.54) is 6.08 Å². The third-order valence-electron chi connectivity index (χ3n) is 4.96. The molecule has 3 aliphatic rings. The first-order valence-corrected chi connectivity index (χ1v) is 6.45. The fourth-order valence-electron chi connectivity index (χ4n) is 3.81. The maximum Gasteiger partial charge on any atom is 0.196 e. The number of ketones is 1. The highest BCUT2D eigenvalue weighted by Gasteiger charge is 2.64. The molecule has 1 aromatic rings. The zero-order valence-corrected chi connectivity index (χ0v) is 10.5. The standard InChI is InChI=1S/C15H14O4/c1-14-11-8-2-3-9(16)12(11)19-13(14)10(17)5-7-15(14,18)6-4-8/h2-3,5,7,13,16,18H,4,6H2,1H3/t13?,14-,15-/m0/s1. The molecule has 0 bridgehead atoms. The van der Waals surface area contributed by atoms with Crippen molar-refractivity contribution in [2.75, 3.05) is 0 Å². The summed E-state index contributed by atoms with van der Waals surface area (Å²) in [7, 11) is 0. The summed E-state index contributed by atoms with van der Waals surface area (Å²) in [6, 6.07) is 3.45. The normalized spacial score (nSPS) is 38.0. The van der Waals surface area contributed by atoms with Crippen molar-refractivity contribution in [1.82, 2.24) is 0 Å². The van der Waals surface area contributed by atoms with E-state index in [1.54, 1.807) is 12.1 Å². The van der Waals surface area contributed by atoms with Crippen LogP contribution < -0.4 is 4.74 Å². The van der Waals surface area contributed by atoms with Gasteiger partial charge in [0.05, 0.1) is 11.0 Å². The van der Waals surface area contributed by atoms with Crippen molar-refractivity contribution >= 4 is 5.78 Å². The molecule has 98 valence electrons. The van der Waals surface area contributed by atoms with Gasteiger partial charge in [-0.05, 0) is 43.5 Å². The minimum Gasteiger partial charge on any atom is -0.504 e. The topological polar surface area (TPSA) is 66.8 Å². The number of benzene rings is 1. The van der Waals surface area contributed by atoms with Gasteiger partial charge >= 0.3 is 0 Å². The molecule has 4 heteroatoms. The molecule has 0 aromatic heterocycles. The maximum absolute atomic E-state index is 12.1. The van der Waals surface area contributed by atoms with Crippen LogP contribution in [0.5, 0.6) is 11.5 Å². The molecule has 0 saturated heterocycles. The Morgan fingerprint density at radius 1 is 1.42 bits per heavy atom. The van der Waals surface area contributed by atoms with Crippen molar-refractivity contribution in [3.8, 4) is 11.5 Å². The van der Waals surface area contributed by atoms with E-state index in [4.69, 9.17) is 4.74 Å². The number of aryl methyl sites for hydroxylation is 1. The first-order chi connectivity index (χ1) is 8.97. The van der Waals surface area contributed by atoms with Crippen molar-refractivity contribution < 1.29 is 19.7 Å². The first kappa shape index (κ1) is 11.1. The molecule has 0 amide bonds. The van der Waals surface area contributed by atoms with Crippen LogP contribution in [0.2, 0.25) is 0 Å². The van der Waals surface area contributed by atoms with Crippen molar-refractivity contribution in [2.24, 2.45) is 0 Å². The fourth-order valence-corrected chi connectivity index (χ4v) is 3.81. The lowest BCUT2D eigenvalue weighted by Gasteiger charge is -2.48. The molecule has 0 spiro atoms. The summed E-state index contributed by atoms with van der Waals surface area (Å²) in [6.07, 6.45) is 3.52. The van der Waals surface area contributed by atoms with Gasteiger partial charge in [0.2, 0.25) is 0 Å². The Morgan fingerprint density at radius 2 is 2.21 bits per heavy atom. The number of aromatic hydroxyl groups is 1. The van der Waals surface area contributed by atoms with E-state index < -0.39 is 17.1 Å². The van der Waals surface area contributed by atoms with Crippen molar-refractivity contribution in [1.29, 1.82) is 0 Å². The Hall–Kier alpha value is -1.81. The molecule has 1 aromatic carbocycles. The number of carbonyl (C=O) groups is 1. The molecule has 4 nitrogen and oxygen atoms in total. The second-order valence-corrected chi connectivity index (χ2v) is 5.81. The number of phenolic OH excluding ortho intramolecular Hbond substituents is 1. The monoisotopic (exact) mass is 258 g/mol. The number of carbonyl (C=O) groups excluding carboxylic acids is 1. The van der Waals surface area contributed by atoms with Crippen LogP contribution in [0.3, 0.4) is 0 Å². The van der Waals surface area contributed by atoms with E-state index in [-0.39, 0.29) is 11.5 Å². The molecular formula is C15H14O4. The van der Waals surface area contributed by atoms with Crippen LogP contribution in [-0.2, 0) is 16.6 Å². The third-order valence-corrected chi connectivity index (χ3v) is 4.96. The molecule has 2 aliphatic carbocycles. The minimum absolute atomic E-state index is 0.0337. The highest BCUT2D eigenvalue weighted by molar-refractivity contribution is 5.98. The Balaban J connectivity index is 2.10. The highest BCUT2D eigenvalue weighted by Crippen LogP contribution is 2.59. The van der Waals surface area contributed by atoms with Crippen LogP contribution in [0.25, 0.3) is 0 Å². The van der Waals surface area contributed by atoms with Crippen LogP contribution in [-0.4, -0.2) is 27.7 Å². The molecule has 3 atom stereocenters. The van der Waals surface area contributed by atoms with Gasteiger partial charge in [0.15, 0.2) is 23.4 Å². The van der Waals surface area contributed by atoms with Crippen LogP contribution in [0, 0.1) is 0 Å². The van der Waals surface area contributed by atoms with Crippen LogP contribution in [0.15, 0.2) is 24.3 Å². The molecule has 0 radical (unpaired) electrons. The van der Waals surface area contributed by atoms with E-state index in [2.05, 4.69) is 0 Å². The van der Waals surface area contributed by atoms with Gasteiger partial charge in [-0.3, -0.25) is 4.79 Å². The number of aliphatic hydroxyl groups is 1. The number of phenols is 1. The number of ether oxygens (including phenoxy) is 1. The van der Waals surface area contributed by atoms with Crippen LogP contribution >= 0.6 is 0 Å². The molecule has 1 aliphatic heterocycles. The molecule has 0 saturated carbocycles. The van der Waals surface area contributed by atoms with Gasteiger partial charge in [-0.1, -0.05) is 6.07 Å². The Kier molecular flexibility index (Phi) is 1.75. The van der Waals surface area contributed by atoms with Crippen LogP contribution in [0.4, 0.5) is 0 Å². The summed E-state index contributed by atoms with van der Waals surface area (Å²) in [5, 5.41) is 20.9. The fraction of sp³-hybridized carbons (Fsp3) is 0.400. The average molecular weight is 258 g/mol. The molecule has 1 unspecified atom stereocenters. The van der Waals surface area contributed by atoms with Crippen molar-refractivity contribution in [3.05, 3.63) is 35.4 Å². The van der Waals surface area contributed by atoms with Gasteiger partial charge in [0.1, 0.15) is 0 Å². The second kappa shape index (κ2) is 3.02. The minimum atomic E-state index is -1.09. The smallest absolute Gasteiger partial charge is 0.196 e. The maximum atomic E-state index is 12.1. The molecule has 2 N–H and O–H groups in total. The van der Waals surface area contributed by atoms with Gasteiger partial charge < -0.3 is 14.9 Å². The van der Waals surface area contributed by atoms with E-state index in [1.807, 2.05) is 13.0 Å². The third kappa shape index (κ3) is 1.03. The van der Waals surface area contributed by atoms with E-state index in [0.29, 0.717) is 18.6 Å². The van der Waals surface area contributed by atoms with E-state index in [0.717, 1.165) is 11.1 Å². The zero-order valence-electron chi connectivity index (χ0n) is 10.5. The SMILES string of the molecule is C[C@]12c3c4ccc(O)c3OC1C(=O)C=C[C@@]2(O)CC4. The Labute approximate surface area is 110 Å². The van der Waals surface area contributed by atoms with Crippen molar-refractivity contribution in [2.45, 2.75) is 36.9 Å². The molecular weight excluding hydrogens is 244 g/mol. The van der Waals surface area contributed by atoms with E-state index >= 15 is 0 Å². The average Bonchev–Trinajstić information content (AvgIpc) is 2.71. The lowest BCUT2D eigenvalue weighted by atomic mass is 9.57. The largest absolute Gasteiger partial charge is 0.504 e. The Bertz CT molecular complexity index is 648. The second-order valence-electron chi connectivity index (χ2n) is 5.81. The van der Waals surface area contributed by atoms with E-state index in [9.17, 15) is 15.0 Å². The zero-order chi connectivity index (χ0) is 13.4. The quantitative estimate of drug-likeness (QED) is 0.734. The summed E-state index contributed by atoms with van der Waals surface area (Å²) in [5.74, 6) is 0.238. The van der Waals surface area contributed by atoms with Gasteiger partial charge in [0.25, 0.3) is 0 Å². The summed E-state index contributed by atoms with van der Waals surface area (Å²) < 4.78 is 5.70. The summed E-state index contributed by atoms with van der Waals surface area (Å²) >= 11 is 0. The molecule has 1 heterocycles.